The van der Waals surface area contributed by atoms with Gasteiger partial charge in [-0.05, 0) is 0 Å². The van der Waals surface area contributed by atoms with Crippen LogP contribution in [0.4, 0.5) is 14.0 Å². The number of hydrogen-bond donors (Lipinski definition) is 4. The Hall–Kier alpha value is -4.67. The Morgan fingerprint density at radius 2 is 0.747 bits per heavy atom. The van der Waals surface area contributed by atoms with Crippen LogP contribution in [0.25, 0.3) is 0 Å². The third-order valence-electron chi connectivity index (χ3n) is 14.3. The molecule has 2 unspecified atom stereocenters. The molecule has 0 saturated heterocycles. The van der Waals surface area contributed by atoms with Gasteiger partial charge in [0, 0.05) is 0 Å². The maximum atomic E-state index is 16.8. The van der Waals surface area contributed by atoms with Crippen LogP contribution in [-0.4, -0.2) is 58.9 Å². The number of ether oxygens (including phenoxy) is 2. The minimum atomic E-state index is -4.20. The van der Waals surface area contributed by atoms with E-state index in [1.807, 2.05) is 120 Å². The zero-order chi connectivity index (χ0) is 59.0. The fourth-order valence-corrected chi connectivity index (χ4v) is 27.6. The Labute approximate surface area is 488 Å². The Kier molecular flexibility index (Phi) is 20.8. The molecular formula is C64H89Br2FN4O6P2. The Bertz CT molecular complexity index is 2790. The van der Waals surface area contributed by atoms with E-state index in [1.165, 1.54) is 6.07 Å². The number of halogens is 3. The molecule has 0 heterocycles. The zero-order valence-electron chi connectivity index (χ0n) is 49.5. The molecule has 4 amide bonds. The van der Waals surface area contributed by atoms with Gasteiger partial charge in [0.1, 0.15) is 0 Å². The molecule has 5 aromatic rings. The Balaban J connectivity index is 1.89. The summed E-state index contributed by atoms with van der Waals surface area (Å²) in [5, 5.41) is 8.54. The van der Waals surface area contributed by atoms with Gasteiger partial charge < -0.3 is 0 Å². The van der Waals surface area contributed by atoms with Gasteiger partial charge in [-0.25, -0.2) is 0 Å². The van der Waals surface area contributed by atoms with Crippen molar-refractivity contribution in [3.63, 3.8) is 0 Å². The maximum absolute atomic E-state index is 16.8. The molecule has 79 heavy (non-hydrogen) atoms. The quantitative estimate of drug-likeness (QED) is 0.0574. The second-order valence-electron chi connectivity index (χ2n) is 26.3. The number of amides is 4. The van der Waals surface area contributed by atoms with Gasteiger partial charge in [-0.3, -0.25) is 0 Å². The molecule has 0 radical (unpaired) electrons. The number of benzene rings is 5. The van der Waals surface area contributed by atoms with Crippen LogP contribution in [0.5, 0.6) is 0 Å². The van der Waals surface area contributed by atoms with Crippen molar-refractivity contribution >= 4 is 86.8 Å². The van der Waals surface area contributed by atoms with Gasteiger partial charge in [0.2, 0.25) is 0 Å². The molecule has 0 aliphatic carbocycles. The molecular weight excluding hydrogens is 1160 g/mol. The van der Waals surface area contributed by atoms with Gasteiger partial charge in [0.05, 0.1) is 0 Å². The summed E-state index contributed by atoms with van der Waals surface area (Å²) in [7, 11) is 0. The van der Waals surface area contributed by atoms with Gasteiger partial charge in [-0.1, -0.05) is 0 Å². The Morgan fingerprint density at radius 3 is 1.01 bits per heavy atom. The molecule has 4 atom stereocenters. The first-order valence-electron chi connectivity index (χ1n) is 27.5. The van der Waals surface area contributed by atoms with Gasteiger partial charge in [-0.2, -0.15) is 0 Å². The summed E-state index contributed by atoms with van der Waals surface area (Å²) < 4.78 is 28.3. The van der Waals surface area contributed by atoms with Crippen LogP contribution in [-0.2, 0) is 31.4 Å². The first kappa shape index (κ1) is 65.1. The summed E-state index contributed by atoms with van der Waals surface area (Å²) in [5.41, 5.74) is -1.57. The van der Waals surface area contributed by atoms with E-state index in [-0.39, 0.29) is 29.8 Å². The van der Waals surface area contributed by atoms with Gasteiger partial charge in [0.15, 0.2) is 0 Å². The summed E-state index contributed by atoms with van der Waals surface area (Å²) >= 11 is 9.52. The molecule has 0 aromatic heterocycles. The van der Waals surface area contributed by atoms with E-state index < -0.39 is 74.3 Å². The molecule has 0 aliphatic heterocycles. The number of alkyl carbamates (subject to hydrolysis) is 2. The molecule has 0 fully saturated rings. The molecule has 5 aromatic carbocycles. The summed E-state index contributed by atoms with van der Waals surface area (Å²) in [6, 6.07) is 43.8. The van der Waals surface area contributed by atoms with Crippen molar-refractivity contribution in [2.75, 3.05) is 0 Å². The second kappa shape index (κ2) is 25.2. The number of carbonyl (C=O) groups excluding carboxylic acids is 4. The minimum absolute atomic E-state index is 0.0411. The van der Waals surface area contributed by atoms with Crippen molar-refractivity contribution in [1.29, 1.82) is 0 Å². The van der Waals surface area contributed by atoms with Crippen molar-refractivity contribution in [3.8, 4) is 0 Å². The first-order valence-corrected chi connectivity index (χ1v) is 36.6. The number of nitrogens with one attached hydrogen (secondary N) is 4. The van der Waals surface area contributed by atoms with Crippen molar-refractivity contribution in [1.82, 2.24) is 21.3 Å². The third kappa shape index (κ3) is 15.7. The van der Waals surface area contributed by atoms with E-state index in [9.17, 15) is 9.59 Å². The van der Waals surface area contributed by atoms with Gasteiger partial charge in [-0.15, -0.1) is 0 Å². The topological polar surface area (TPSA) is 135 Å². The van der Waals surface area contributed by atoms with E-state index in [0.29, 0.717) is 24.6 Å². The van der Waals surface area contributed by atoms with Crippen molar-refractivity contribution in [3.05, 3.63) is 156 Å². The molecule has 0 spiro atoms. The fourth-order valence-electron chi connectivity index (χ4n) is 10.6. The van der Waals surface area contributed by atoms with Crippen LogP contribution in [0, 0.1) is 28.5 Å². The van der Waals surface area contributed by atoms with E-state index >= 15 is 14.0 Å². The summed E-state index contributed by atoms with van der Waals surface area (Å²) in [4.78, 5) is 58.0. The Morgan fingerprint density at radius 1 is 0.456 bits per heavy atom. The molecule has 15 heteroatoms. The van der Waals surface area contributed by atoms with Crippen LogP contribution in [0.2, 0.25) is 0 Å². The number of rotatable bonds is 20. The van der Waals surface area contributed by atoms with E-state index in [1.54, 1.807) is 47.6 Å². The molecule has 432 valence electrons. The first-order chi connectivity index (χ1) is 36.5. The average molecular weight is 1250 g/mol. The number of carbonyl (C=O) groups is 4. The molecule has 0 bridgehead atoms. The zero-order valence-corrected chi connectivity index (χ0v) is 54.5. The van der Waals surface area contributed by atoms with Crippen molar-refractivity contribution < 1.29 is 33.0 Å². The fraction of sp³-hybridized carbons (Fsp3) is 0.469. The van der Waals surface area contributed by atoms with Crippen molar-refractivity contribution in [2.24, 2.45) is 22.7 Å². The average Bonchev–Trinajstić information content (AvgIpc) is 3.34. The van der Waals surface area contributed by atoms with Gasteiger partial charge in [0.25, 0.3) is 0 Å². The van der Waals surface area contributed by atoms with Crippen LogP contribution < -0.4 is 42.5 Å². The normalized spacial score (nSPS) is 15.3. The molecule has 4 N–H and O–H groups in total. The monoisotopic (exact) mass is 1250 g/mol. The van der Waals surface area contributed by atoms with E-state index in [4.69, 9.17) is 40.5 Å². The predicted molar refractivity (Wildman–Crippen MR) is 338 cm³/mol. The molecule has 10 nitrogen and oxygen atoms in total. The SMILES string of the molecule is CC(C)CC(NC(=O)[C@H](NC(=O)OC(C)(C)C)C(C)(C)C)P(Br)(Cc1ccc(F)cc1CP(Br)(c1ccccc1)(c1ccccc1)C(CC(C)C)NC(=O)[C@H](NC(=O)OC(C)(C)C)C(C)(C)C)(c1ccccc1)c1ccccc1. The van der Waals surface area contributed by atoms with E-state index in [2.05, 4.69) is 97.5 Å². The van der Waals surface area contributed by atoms with Crippen molar-refractivity contribution in [2.45, 2.75) is 171 Å². The predicted octanol–water partition coefficient (Wildman–Crippen LogP) is 14.7. The van der Waals surface area contributed by atoms with Crippen LogP contribution in [0.1, 0.15) is 135 Å². The summed E-state index contributed by atoms with van der Waals surface area (Å²) in [6.07, 6.45) is 0.146. The van der Waals surface area contributed by atoms with Crippen LogP contribution in [0.3, 0.4) is 0 Å². The van der Waals surface area contributed by atoms with Crippen LogP contribution >= 0.6 is 41.6 Å². The van der Waals surface area contributed by atoms with Crippen LogP contribution in [0.15, 0.2) is 140 Å². The third-order valence-corrected chi connectivity index (χ3v) is 34.5. The second-order valence-corrected chi connectivity index (χ2v) is 45.0. The van der Waals surface area contributed by atoms with Gasteiger partial charge >= 0.3 is 491 Å². The molecule has 0 aliphatic rings. The van der Waals surface area contributed by atoms with E-state index in [0.717, 1.165) is 26.8 Å². The standard InChI is InChI=1S/C64H89Br2FN4O6P2/c1-44(2)39-53(68-57(72)55(61(5,6)7)70-59(74)76-63(11,12)13)78(65,49-29-21-17-22-30-49,50-31-23-18-24-32-50)42-46-37-38-48(67)41-47(46)43-79(66,51-33-25-19-26-34-51,52-35-27-20-28-36-52)54(40-45(3)4)69-58(73)56(62(8,9)10)71-60(75)77-64(14,15)16/h17-38,41,44-45,53-56H,39-40,42-43H2,1-16H3,(H,68,72)(H,69,73)(H,70,74)(H,71,75)/t53?,54?,55-,56-/m0/s1. The molecule has 0 saturated carbocycles. The molecule has 5 rings (SSSR count). The number of hydrogen-bond acceptors (Lipinski definition) is 6. The summed E-state index contributed by atoms with van der Waals surface area (Å²) in [6.45, 7) is 30.7. The summed E-state index contributed by atoms with van der Waals surface area (Å²) in [5.74, 6) is -2.33.